The van der Waals surface area contributed by atoms with Crippen LogP contribution >= 0.6 is 0 Å². The zero-order valence-electron chi connectivity index (χ0n) is 29.2. The third kappa shape index (κ3) is 4.95. The number of nitrogens with zero attached hydrogens (tertiary/aromatic N) is 2. The summed E-state index contributed by atoms with van der Waals surface area (Å²) in [5.74, 6) is 0. The van der Waals surface area contributed by atoms with Crippen molar-refractivity contribution in [1.82, 2.24) is 0 Å². The van der Waals surface area contributed by atoms with Crippen molar-refractivity contribution < 1.29 is 0 Å². The molecule has 246 valence electrons. The molecule has 0 heterocycles. The number of aryl methyl sites for hydroxylation is 2. The highest BCUT2D eigenvalue weighted by atomic mass is 15.1. The summed E-state index contributed by atoms with van der Waals surface area (Å²) in [6, 6.07) is 67.0. The molecule has 0 amide bonds. The van der Waals surface area contributed by atoms with E-state index in [9.17, 15) is 0 Å². The summed E-state index contributed by atoms with van der Waals surface area (Å²) in [6.07, 6.45) is 0. The molecule has 0 aliphatic rings. The Balaban J connectivity index is 1.23. The number of hydrogen-bond acceptors (Lipinski definition) is 2. The molecule has 0 bridgehead atoms. The van der Waals surface area contributed by atoms with E-state index in [0.717, 1.165) is 34.1 Å². The van der Waals surface area contributed by atoms with E-state index in [-0.39, 0.29) is 0 Å². The van der Waals surface area contributed by atoms with Gasteiger partial charge in [0, 0.05) is 33.5 Å². The van der Waals surface area contributed by atoms with Crippen molar-refractivity contribution in [3.63, 3.8) is 0 Å². The molecule has 0 saturated carbocycles. The van der Waals surface area contributed by atoms with Crippen LogP contribution in [0.25, 0.3) is 53.9 Å². The molecule has 0 N–H and O–H groups in total. The maximum Gasteiger partial charge on any atom is 0.0540 e. The fourth-order valence-electron chi connectivity index (χ4n) is 8.03. The fraction of sp³-hybridized carbons (Fsp3) is 0.0400. The quantitative estimate of drug-likeness (QED) is 0.163. The number of anilines is 6. The van der Waals surface area contributed by atoms with Gasteiger partial charge < -0.3 is 9.80 Å². The van der Waals surface area contributed by atoms with E-state index in [0.29, 0.717) is 0 Å². The Bertz CT molecular complexity index is 2720. The molecule has 0 fully saturated rings. The van der Waals surface area contributed by atoms with E-state index in [1.807, 2.05) is 0 Å². The average Bonchev–Trinajstić information content (AvgIpc) is 3.19. The monoisotopic (exact) mass is 664 g/mol. The van der Waals surface area contributed by atoms with Crippen LogP contribution in [-0.2, 0) is 0 Å². The highest BCUT2D eigenvalue weighted by molar-refractivity contribution is 6.28. The van der Waals surface area contributed by atoms with Gasteiger partial charge in [-0.25, -0.2) is 0 Å². The average molecular weight is 665 g/mol. The second-order valence-electron chi connectivity index (χ2n) is 14.0. The molecule has 0 unspecified atom stereocenters. The second-order valence-corrected chi connectivity index (χ2v) is 14.0. The molecule has 2 nitrogen and oxygen atoms in total. The lowest BCUT2D eigenvalue weighted by molar-refractivity contribution is 1.29. The van der Waals surface area contributed by atoms with Gasteiger partial charge in [-0.2, -0.15) is 0 Å². The lowest BCUT2D eigenvalue weighted by Gasteiger charge is -2.29. The largest absolute Gasteiger partial charge is 0.310 e. The normalized spacial score (nSPS) is 11.7. The van der Waals surface area contributed by atoms with E-state index in [2.05, 4.69) is 206 Å². The summed E-state index contributed by atoms with van der Waals surface area (Å²) >= 11 is 0. The number of benzene rings is 10. The van der Waals surface area contributed by atoms with E-state index in [4.69, 9.17) is 0 Å². The van der Waals surface area contributed by atoms with E-state index >= 15 is 0 Å². The van der Waals surface area contributed by atoms with Crippen molar-refractivity contribution in [3.05, 3.63) is 193 Å². The highest BCUT2D eigenvalue weighted by Crippen LogP contribution is 2.48. The van der Waals surface area contributed by atoms with Crippen molar-refractivity contribution in [2.45, 2.75) is 13.8 Å². The molecule has 0 aliphatic carbocycles. The predicted molar refractivity (Wildman–Crippen MR) is 224 cm³/mol. The third-order valence-electron chi connectivity index (χ3n) is 10.7. The van der Waals surface area contributed by atoms with Gasteiger partial charge in [-0.05, 0) is 118 Å². The molecule has 2 heteroatoms. The van der Waals surface area contributed by atoms with Gasteiger partial charge in [0.15, 0.2) is 0 Å². The summed E-state index contributed by atoms with van der Waals surface area (Å²) in [6.45, 7) is 4.30. The number of rotatable bonds is 6. The van der Waals surface area contributed by atoms with Crippen LogP contribution in [0.1, 0.15) is 11.1 Å². The molecule has 0 atom stereocenters. The van der Waals surface area contributed by atoms with Gasteiger partial charge in [0.2, 0.25) is 0 Å². The molecule has 0 saturated heterocycles. The fourth-order valence-corrected chi connectivity index (χ4v) is 8.03. The highest BCUT2D eigenvalue weighted by Gasteiger charge is 2.22. The molecule has 10 aromatic carbocycles. The third-order valence-corrected chi connectivity index (χ3v) is 10.7. The molecule has 10 rings (SSSR count). The molecule has 10 aromatic rings. The van der Waals surface area contributed by atoms with Crippen molar-refractivity contribution in [3.8, 4) is 0 Å². The first-order valence-corrected chi connectivity index (χ1v) is 18.0. The molecule has 52 heavy (non-hydrogen) atoms. The summed E-state index contributed by atoms with van der Waals surface area (Å²) in [7, 11) is 0. The SMILES string of the molecule is Cc1ccc(N(c2ccc3ccccc3c2)c2ccc3ccc4c(N(c5ccc(C)cc5)c5ccc6ccccc6c5)ccc5ccc2c3c54)cc1. The van der Waals surface area contributed by atoms with Crippen LogP contribution in [0.5, 0.6) is 0 Å². The van der Waals surface area contributed by atoms with Gasteiger partial charge in [0.1, 0.15) is 0 Å². The lowest BCUT2D eigenvalue weighted by atomic mass is 9.91. The van der Waals surface area contributed by atoms with Gasteiger partial charge >= 0.3 is 0 Å². The Hall–Kier alpha value is -6.64. The molecule has 0 aliphatic heterocycles. The Labute approximate surface area is 303 Å². The van der Waals surface area contributed by atoms with Crippen LogP contribution in [0.3, 0.4) is 0 Å². The van der Waals surface area contributed by atoms with Crippen molar-refractivity contribution >= 4 is 88.0 Å². The van der Waals surface area contributed by atoms with Crippen LogP contribution in [0.4, 0.5) is 34.1 Å². The van der Waals surface area contributed by atoms with Crippen molar-refractivity contribution in [2.24, 2.45) is 0 Å². The summed E-state index contributed by atoms with van der Waals surface area (Å²) in [5.41, 5.74) is 9.37. The molecular formula is C50H36N2. The van der Waals surface area contributed by atoms with Crippen LogP contribution in [0.15, 0.2) is 182 Å². The standard InChI is InChI=1S/C50H36N2/c1-33-11-21-41(22-12-33)51(43-25-15-35-7-3-5-9-39(35)31-43)47-29-19-37-18-28-46-48(30-20-38-17-27-45(47)49(37)50(38)46)52(42-23-13-34(2)14-24-42)44-26-16-36-8-4-6-10-40(36)32-44/h3-32H,1-2H3. The van der Waals surface area contributed by atoms with Crippen LogP contribution < -0.4 is 9.80 Å². The molecule has 0 spiro atoms. The molecular weight excluding hydrogens is 629 g/mol. The van der Waals surface area contributed by atoms with Crippen molar-refractivity contribution in [1.29, 1.82) is 0 Å². The van der Waals surface area contributed by atoms with Gasteiger partial charge in [-0.3, -0.25) is 0 Å². The Morgan fingerprint density at radius 2 is 0.635 bits per heavy atom. The van der Waals surface area contributed by atoms with Crippen LogP contribution in [0, 0.1) is 13.8 Å². The Morgan fingerprint density at radius 3 is 1.06 bits per heavy atom. The lowest BCUT2D eigenvalue weighted by Crippen LogP contribution is -2.11. The maximum atomic E-state index is 2.42. The Kier molecular flexibility index (Phi) is 6.97. The van der Waals surface area contributed by atoms with E-state index in [1.54, 1.807) is 0 Å². The van der Waals surface area contributed by atoms with Crippen molar-refractivity contribution in [2.75, 3.05) is 9.80 Å². The van der Waals surface area contributed by atoms with Crippen LogP contribution in [0.2, 0.25) is 0 Å². The second kappa shape index (κ2) is 12.0. The molecule has 0 aromatic heterocycles. The van der Waals surface area contributed by atoms with E-state index < -0.39 is 0 Å². The minimum Gasteiger partial charge on any atom is -0.310 e. The minimum atomic E-state index is 1.14. The smallest absolute Gasteiger partial charge is 0.0540 e. The van der Waals surface area contributed by atoms with Crippen LogP contribution in [-0.4, -0.2) is 0 Å². The molecule has 0 radical (unpaired) electrons. The first-order chi connectivity index (χ1) is 25.6. The summed E-state index contributed by atoms with van der Waals surface area (Å²) in [5, 5.41) is 12.4. The number of fused-ring (bicyclic) bond motifs is 2. The predicted octanol–water partition coefficient (Wildman–Crippen LogP) is 14.4. The topological polar surface area (TPSA) is 6.48 Å². The minimum absolute atomic E-state index is 1.14. The zero-order valence-corrected chi connectivity index (χ0v) is 29.2. The summed E-state index contributed by atoms with van der Waals surface area (Å²) < 4.78 is 0. The van der Waals surface area contributed by atoms with E-state index in [1.165, 1.54) is 65.0 Å². The maximum absolute atomic E-state index is 2.42. The Morgan fingerprint density at radius 1 is 0.288 bits per heavy atom. The summed E-state index contributed by atoms with van der Waals surface area (Å²) in [4.78, 5) is 4.85. The van der Waals surface area contributed by atoms with Gasteiger partial charge in [-0.1, -0.05) is 132 Å². The first-order valence-electron chi connectivity index (χ1n) is 18.0. The van der Waals surface area contributed by atoms with Gasteiger partial charge in [0.05, 0.1) is 11.4 Å². The van der Waals surface area contributed by atoms with Gasteiger partial charge in [-0.15, -0.1) is 0 Å². The number of hydrogen-bond donors (Lipinski definition) is 0. The van der Waals surface area contributed by atoms with Gasteiger partial charge in [0.25, 0.3) is 0 Å². The first kappa shape index (κ1) is 30.2. The zero-order chi connectivity index (χ0) is 34.8.